The lowest BCUT2D eigenvalue weighted by Gasteiger charge is -2.34. The van der Waals surface area contributed by atoms with Crippen molar-refractivity contribution in [3.05, 3.63) is 46.6 Å². The summed E-state index contributed by atoms with van der Waals surface area (Å²) in [4.78, 5) is 38.0. The third kappa shape index (κ3) is 3.12. The lowest BCUT2D eigenvalue weighted by Crippen LogP contribution is -2.44. The second-order valence-electron chi connectivity index (χ2n) is 6.63. The summed E-state index contributed by atoms with van der Waals surface area (Å²) in [7, 11) is 2.12. The minimum Gasteiger partial charge on any atom is -0.462 e. The fraction of sp³-hybridized carbons (Fsp3) is 0.368. The summed E-state index contributed by atoms with van der Waals surface area (Å²) in [5, 5.41) is 0.779. The number of hydrogen-bond acceptors (Lipinski definition) is 7. The first-order chi connectivity index (χ1) is 13.1. The van der Waals surface area contributed by atoms with Crippen LogP contribution in [0, 0.1) is 0 Å². The standard InChI is InChI=1S/C19H21N5O3/c1-3-27-19(26)15-11-20-17-14-10-13(23-8-6-22(2)7-9-23)4-5-16(14)21-12-24(17)18(15)25/h4-5,10-12H,3,6-9H2,1-2H3. The van der Waals surface area contributed by atoms with Gasteiger partial charge in [0.15, 0.2) is 0 Å². The van der Waals surface area contributed by atoms with E-state index in [1.54, 1.807) is 6.92 Å². The highest BCUT2D eigenvalue weighted by Gasteiger charge is 2.18. The first-order valence-electron chi connectivity index (χ1n) is 8.99. The molecule has 0 atom stereocenters. The van der Waals surface area contributed by atoms with Gasteiger partial charge in [0.25, 0.3) is 5.56 Å². The van der Waals surface area contributed by atoms with Crippen molar-refractivity contribution in [2.45, 2.75) is 6.92 Å². The van der Waals surface area contributed by atoms with E-state index >= 15 is 0 Å². The molecule has 0 saturated carbocycles. The number of anilines is 1. The van der Waals surface area contributed by atoms with E-state index in [0.717, 1.165) is 42.8 Å². The van der Waals surface area contributed by atoms with E-state index in [1.807, 2.05) is 18.2 Å². The molecule has 140 valence electrons. The van der Waals surface area contributed by atoms with Crippen LogP contribution in [0.25, 0.3) is 16.6 Å². The Kier molecular flexibility index (Phi) is 4.49. The van der Waals surface area contributed by atoms with Gasteiger partial charge in [-0.1, -0.05) is 0 Å². The van der Waals surface area contributed by atoms with Crippen LogP contribution in [0.4, 0.5) is 5.69 Å². The maximum atomic E-state index is 12.7. The maximum Gasteiger partial charge on any atom is 0.345 e. The zero-order chi connectivity index (χ0) is 19.0. The van der Waals surface area contributed by atoms with E-state index in [0.29, 0.717) is 5.65 Å². The lowest BCUT2D eigenvalue weighted by atomic mass is 10.1. The first kappa shape index (κ1) is 17.4. The lowest BCUT2D eigenvalue weighted by molar-refractivity contribution is 0.0523. The Morgan fingerprint density at radius 3 is 2.70 bits per heavy atom. The van der Waals surface area contributed by atoms with E-state index in [-0.39, 0.29) is 12.2 Å². The van der Waals surface area contributed by atoms with Crippen LogP contribution in [0.1, 0.15) is 17.3 Å². The van der Waals surface area contributed by atoms with Crippen LogP contribution < -0.4 is 10.5 Å². The minimum atomic E-state index is -0.671. The van der Waals surface area contributed by atoms with E-state index < -0.39 is 11.5 Å². The van der Waals surface area contributed by atoms with Crippen LogP contribution in [0.3, 0.4) is 0 Å². The maximum absolute atomic E-state index is 12.7. The molecule has 1 aromatic carbocycles. The Bertz CT molecular complexity index is 1070. The van der Waals surface area contributed by atoms with E-state index in [2.05, 4.69) is 26.8 Å². The molecule has 8 heteroatoms. The van der Waals surface area contributed by atoms with E-state index in [4.69, 9.17) is 4.74 Å². The van der Waals surface area contributed by atoms with Crippen molar-refractivity contribution in [2.75, 3.05) is 44.7 Å². The molecule has 0 aliphatic carbocycles. The van der Waals surface area contributed by atoms with Crippen LogP contribution in [-0.4, -0.2) is 65.1 Å². The quantitative estimate of drug-likeness (QED) is 0.508. The highest BCUT2D eigenvalue weighted by Crippen LogP contribution is 2.24. The van der Waals surface area contributed by atoms with Gasteiger partial charge in [-0.25, -0.2) is 19.2 Å². The monoisotopic (exact) mass is 367 g/mol. The molecular formula is C19H21N5O3. The highest BCUT2D eigenvalue weighted by molar-refractivity contribution is 5.94. The van der Waals surface area contributed by atoms with Gasteiger partial charge in [0.1, 0.15) is 17.5 Å². The van der Waals surface area contributed by atoms with Crippen molar-refractivity contribution in [3.63, 3.8) is 0 Å². The van der Waals surface area contributed by atoms with E-state index in [9.17, 15) is 9.59 Å². The van der Waals surface area contributed by atoms with Gasteiger partial charge in [-0.15, -0.1) is 0 Å². The van der Waals surface area contributed by atoms with Crippen molar-refractivity contribution >= 4 is 28.2 Å². The molecule has 1 fully saturated rings. The van der Waals surface area contributed by atoms with E-state index in [1.165, 1.54) is 16.9 Å². The van der Waals surface area contributed by atoms with Crippen LogP contribution in [0.2, 0.25) is 0 Å². The molecule has 3 aromatic rings. The molecule has 0 amide bonds. The Hall–Kier alpha value is -3.00. The number of likely N-dealkylation sites (N-methyl/N-ethyl adjacent to an activating group) is 1. The van der Waals surface area contributed by atoms with Crippen LogP contribution >= 0.6 is 0 Å². The molecule has 1 aliphatic heterocycles. The van der Waals surface area contributed by atoms with Gasteiger partial charge in [0, 0.05) is 43.4 Å². The number of aromatic nitrogens is 3. The topological polar surface area (TPSA) is 80.0 Å². The summed E-state index contributed by atoms with van der Waals surface area (Å²) in [6, 6.07) is 6.00. The molecular weight excluding hydrogens is 346 g/mol. The largest absolute Gasteiger partial charge is 0.462 e. The number of carbonyl (C=O) groups excluding carboxylic acids is 1. The SMILES string of the molecule is CCOC(=O)c1cnc2c3cc(N4CCN(C)CC4)ccc3ncn2c1=O. The number of esters is 1. The number of carbonyl (C=O) groups is 1. The number of fused-ring (bicyclic) bond motifs is 3. The van der Waals surface area contributed by atoms with Crippen molar-refractivity contribution in [3.8, 4) is 0 Å². The molecule has 2 aromatic heterocycles. The Morgan fingerprint density at radius 1 is 1.19 bits per heavy atom. The normalized spacial score (nSPS) is 15.4. The summed E-state index contributed by atoms with van der Waals surface area (Å²) < 4.78 is 6.24. The smallest absolute Gasteiger partial charge is 0.345 e. The Morgan fingerprint density at radius 2 is 1.96 bits per heavy atom. The summed E-state index contributed by atoms with van der Waals surface area (Å²) in [6.45, 7) is 5.80. The van der Waals surface area contributed by atoms with Crippen molar-refractivity contribution in [1.29, 1.82) is 0 Å². The molecule has 4 rings (SSSR count). The molecule has 0 unspecified atom stereocenters. The predicted octanol–water partition coefficient (Wildman–Crippen LogP) is 1.17. The Labute approximate surface area is 156 Å². The van der Waals surface area contributed by atoms with Crippen molar-refractivity contribution in [2.24, 2.45) is 0 Å². The zero-order valence-corrected chi connectivity index (χ0v) is 15.4. The van der Waals surface area contributed by atoms with Gasteiger partial charge in [0.2, 0.25) is 0 Å². The number of rotatable bonds is 3. The van der Waals surface area contributed by atoms with Gasteiger partial charge >= 0.3 is 5.97 Å². The molecule has 0 N–H and O–H groups in total. The van der Waals surface area contributed by atoms with Gasteiger partial charge < -0.3 is 14.5 Å². The zero-order valence-electron chi connectivity index (χ0n) is 15.4. The first-order valence-corrected chi connectivity index (χ1v) is 8.99. The summed E-state index contributed by atoms with van der Waals surface area (Å²) in [5.74, 6) is -0.671. The molecule has 0 radical (unpaired) electrons. The van der Waals surface area contributed by atoms with Crippen molar-refractivity contribution in [1.82, 2.24) is 19.3 Å². The van der Waals surface area contributed by atoms with Crippen molar-refractivity contribution < 1.29 is 9.53 Å². The summed E-state index contributed by atoms with van der Waals surface area (Å²) in [6.07, 6.45) is 2.70. The average molecular weight is 367 g/mol. The number of nitrogens with zero attached hydrogens (tertiary/aromatic N) is 5. The highest BCUT2D eigenvalue weighted by atomic mass is 16.5. The number of benzene rings is 1. The molecule has 0 bridgehead atoms. The second-order valence-corrected chi connectivity index (χ2v) is 6.63. The fourth-order valence-electron chi connectivity index (χ4n) is 3.32. The molecule has 0 spiro atoms. The third-order valence-corrected chi connectivity index (χ3v) is 4.89. The van der Waals surface area contributed by atoms with Gasteiger partial charge in [0.05, 0.1) is 12.1 Å². The molecule has 8 nitrogen and oxygen atoms in total. The second kappa shape index (κ2) is 6.96. The molecule has 1 saturated heterocycles. The average Bonchev–Trinajstić information content (AvgIpc) is 2.68. The number of ether oxygens (including phenoxy) is 1. The summed E-state index contributed by atoms with van der Waals surface area (Å²) in [5.41, 5.74) is 1.75. The van der Waals surface area contributed by atoms with Gasteiger partial charge in [-0.2, -0.15) is 0 Å². The van der Waals surface area contributed by atoms with Crippen LogP contribution in [-0.2, 0) is 4.74 Å². The number of hydrogen-bond donors (Lipinski definition) is 0. The summed E-state index contributed by atoms with van der Waals surface area (Å²) >= 11 is 0. The predicted molar refractivity (Wildman–Crippen MR) is 102 cm³/mol. The fourth-order valence-corrected chi connectivity index (χ4v) is 3.32. The Balaban J connectivity index is 1.82. The molecule has 1 aliphatic rings. The minimum absolute atomic E-state index is 0.0919. The van der Waals surface area contributed by atoms with Crippen LogP contribution in [0.15, 0.2) is 35.5 Å². The molecule has 27 heavy (non-hydrogen) atoms. The van der Waals surface area contributed by atoms with Gasteiger partial charge in [-0.3, -0.25) is 4.79 Å². The van der Waals surface area contributed by atoms with Crippen LogP contribution in [0.5, 0.6) is 0 Å². The van der Waals surface area contributed by atoms with Gasteiger partial charge in [-0.05, 0) is 32.2 Å². The third-order valence-electron chi connectivity index (χ3n) is 4.89. The molecule has 3 heterocycles. The number of piperazine rings is 1.